The number of ether oxygens (including phenoxy) is 1. The normalized spacial score (nSPS) is 29.5. The van der Waals surface area contributed by atoms with Gasteiger partial charge in [-0.05, 0) is 86.7 Å². The number of carbonyl (C=O) groups is 1. The standard InChI is InChI=1S/C23H33NO2/c1-15(2)23(25)19-6-7-22(26-3)20(14-19)17-8-10-24(11-9-17)21-13-16-4-5-18(21)12-16/h6-7,14-18,21H,4-5,8-13H2,1-3H3/t16-,18?,21-/m0/s1. The first-order valence-corrected chi connectivity index (χ1v) is 10.5. The van der Waals surface area contributed by atoms with Gasteiger partial charge in [0.25, 0.3) is 0 Å². The summed E-state index contributed by atoms with van der Waals surface area (Å²) < 4.78 is 5.64. The summed E-state index contributed by atoms with van der Waals surface area (Å²) in [6.45, 7) is 6.34. The van der Waals surface area contributed by atoms with E-state index in [-0.39, 0.29) is 11.7 Å². The fourth-order valence-corrected chi connectivity index (χ4v) is 5.74. The van der Waals surface area contributed by atoms with Crippen molar-refractivity contribution in [1.29, 1.82) is 0 Å². The molecule has 3 aliphatic rings. The molecular weight excluding hydrogens is 322 g/mol. The Morgan fingerprint density at radius 3 is 2.46 bits per heavy atom. The lowest BCUT2D eigenvalue weighted by molar-refractivity contribution is 0.0939. The minimum atomic E-state index is 0.0379. The van der Waals surface area contributed by atoms with Gasteiger partial charge in [-0.1, -0.05) is 20.3 Å². The molecule has 3 heteroatoms. The minimum absolute atomic E-state index is 0.0379. The van der Waals surface area contributed by atoms with Crippen molar-refractivity contribution in [2.45, 2.75) is 64.3 Å². The number of rotatable bonds is 5. The van der Waals surface area contributed by atoms with Gasteiger partial charge in [0.05, 0.1) is 7.11 Å². The first-order valence-electron chi connectivity index (χ1n) is 10.5. The number of ketones is 1. The van der Waals surface area contributed by atoms with Crippen molar-refractivity contribution in [3.05, 3.63) is 29.3 Å². The minimum Gasteiger partial charge on any atom is -0.496 e. The molecule has 4 rings (SSSR count). The molecule has 3 fully saturated rings. The quantitative estimate of drug-likeness (QED) is 0.704. The highest BCUT2D eigenvalue weighted by molar-refractivity contribution is 5.97. The molecule has 3 nitrogen and oxygen atoms in total. The van der Waals surface area contributed by atoms with Gasteiger partial charge >= 0.3 is 0 Å². The third-order valence-corrected chi connectivity index (χ3v) is 7.18. The predicted molar refractivity (Wildman–Crippen MR) is 105 cm³/mol. The Kier molecular flexibility index (Phi) is 5.09. The number of benzene rings is 1. The molecule has 0 amide bonds. The zero-order chi connectivity index (χ0) is 18.3. The summed E-state index contributed by atoms with van der Waals surface area (Å²) in [6.07, 6.45) is 8.23. The second-order valence-corrected chi connectivity index (χ2v) is 9.03. The molecule has 142 valence electrons. The van der Waals surface area contributed by atoms with Crippen LogP contribution in [0.25, 0.3) is 0 Å². The van der Waals surface area contributed by atoms with Gasteiger partial charge in [-0.3, -0.25) is 4.79 Å². The Hall–Kier alpha value is -1.35. The van der Waals surface area contributed by atoms with Gasteiger partial charge in [0, 0.05) is 17.5 Å². The second kappa shape index (κ2) is 7.34. The van der Waals surface area contributed by atoms with Crippen molar-refractivity contribution < 1.29 is 9.53 Å². The average Bonchev–Trinajstić information content (AvgIpc) is 3.30. The number of piperidine rings is 1. The number of likely N-dealkylation sites (tertiary alicyclic amines) is 1. The molecule has 1 aromatic carbocycles. The molecular formula is C23H33NO2. The first-order chi connectivity index (χ1) is 12.6. The smallest absolute Gasteiger partial charge is 0.165 e. The molecule has 1 unspecified atom stereocenters. The van der Waals surface area contributed by atoms with Crippen molar-refractivity contribution in [2.75, 3.05) is 20.2 Å². The molecule has 1 heterocycles. The van der Waals surface area contributed by atoms with E-state index in [2.05, 4.69) is 11.0 Å². The molecule has 0 N–H and O–H groups in total. The SMILES string of the molecule is COc1ccc(C(=O)C(C)C)cc1C1CCN([C@H]2C[C@H]3CCC2C3)CC1. The Morgan fingerprint density at radius 2 is 1.88 bits per heavy atom. The number of carbonyl (C=O) groups excluding carboxylic acids is 1. The molecule has 3 atom stereocenters. The van der Waals surface area contributed by atoms with Crippen molar-refractivity contribution >= 4 is 5.78 Å². The highest BCUT2D eigenvalue weighted by Crippen LogP contribution is 2.48. The van der Waals surface area contributed by atoms with E-state index < -0.39 is 0 Å². The monoisotopic (exact) mass is 355 g/mol. The summed E-state index contributed by atoms with van der Waals surface area (Å²) in [5.41, 5.74) is 2.08. The van der Waals surface area contributed by atoms with Gasteiger partial charge < -0.3 is 9.64 Å². The van der Waals surface area contributed by atoms with Crippen molar-refractivity contribution in [2.24, 2.45) is 17.8 Å². The third kappa shape index (κ3) is 3.31. The zero-order valence-electron chi connectivity index (χ0n) is 16.5. The second-order valence-electron chi connectivity index (χ2n) is 9.03. The van der Waals surface area contributed by atoms with Gasteiger partial charge in [-0.15, -0.1) is 0 Å². The Morgan fingerprint density at radius 1 is 1.12 bits per heavy atom. The summed E-state index contributed by atoms with van der Waals surface area (Å²) in [4.78, 5) is 15.2. The molecule has 2 bridgehead atoms. The fourth-order valence-electron chi connectivity index (χ4n) is 5.74. The zero-order valence-corrected chi connectivity index (χ0v) is 16.5. The summed E-state index contributed by atoms with van der Waals surface area (Å²) in [7, 11) is 1.74. The highest BCUT2D eigenvalue weighted by Gasteiger charge is 2.43. The van der Waals surface area contributed by atoms with E-state index in [0.29, 0.717) is 5.92 Å². The Labute approximate surface area is 158 Å². The van der Waals surface area contributed by atoms with Crippen LogP contribution in [-0.4, -0.2) is 36.9 Å². The van der Waals surface area contributed by atoms with Crippen molar-refractivity contribution in [3.63, 3.8) is 0 Å². The number of Topliss-reactive ketones (excluding diaryl/α,β-unsaturated/α-hetero) is 1. The summed E-state index contributed by atoms with van der Waals surface area (Å²) in [5, 5.41) is 0. The van der Waals surface area contributed by atoms with Crippen LogP contribution in [0.15, 0.2) is 18.2 Å². The summed E-state index contributed by atoms with van der Waals surface area (Å²) in [5.74, 6) is 3.72. The van der Waals surface area contributed by atoms with Gasteiger partial charge in [0.2, 0.25) is 0 Å². The largest absolute Gasteiger partial charge is 0.496 e. The third-order valence-electron chi connectivity index (χ3n) is 7.18. The van der Waals surface area contributed by atoms with Crippen LogP contribution in [0, 0.1) is 17.8 Å². The molecule has 0 spiro atoms. The average molecular weight is 356 g/mol. The molecule has 1 aromatic rings. The Bertz CT molecular complexity index is 660. The number of nitrogens with zero attached hydrogens (tertiary/aromatic N) is 1. The maximum atomic E-state index is 12.4. The van der Waals surface area contributed by atoms with E-state index in [0.717, 1.165) is 29.2 Å². The first kappa shape index (κ1) is 18.0. The van der Waals surface area contributed by atoms with Gasteiger partial charge in [-0.25, -0.2) is 0 Å². The van der Waals surface area contributed by atoms with Gasteiger partial charge in [0.15, 0.2) is 5.78 Å². The van der Waals surface area contributed by atoms with Crippen LogP contribution in [0.2, 0.25) is 0 Å². The summed E-state index contributed by atoms with van der Waals surface area (Å²) in [6, 6.07) is 6.88. The molecule has 2 saturated carbocycles. The highest BCUT2D eigenvalue weighted by atomic mass is 16.5. The van der Waals surface area contributed by atoms with Crippen LogP contribution >= 0.6 is 0 Å². The van der Waals surface area contributed by atoms with E-state index in [1.165, 1.54) is 57.2 Å². The van der Waals surface area contributed by atoms with E-state index in [4.69, 9.17) is 4.74 Å². The molecule has 1 aliphatic heterocycles. The number of hydrogen-bond acceptors (Lipinski definition) is 3. The maximum Gasteiger partial charge on any atom is 0.165 e. The van der Waals surface area contributed by atoms with E-state index in [1.54, 1.807) is 7.11 Å². The fraction of sp³-hybridized carbons (Fsp3) is 0.696. The van der Waals surface area contributed by atoms with Crippen molar-refractivity contribution in [3.8, 4) is 5.75 Å². The molecule has 26 heavy (non-hydrogen) atoms. The molecule has 0 radical (unpaired) electrons. The van der Waals surface area contributed by atoms with E-state index >= 15 is 0 Å². The van der Waals surface area contributed by atoms with Gasteiger partial charge in [0.1, 0.15) is 5.75 Å². The van der Waals surface area contributed by atoms with Crippen LogP contribution in [0.1, 0.15) is 74.2 Å². The molecule has 1 saturated heterocycles. The topological polar surface area (TPSA) is 29.5 Å². The van der Waals surface area contributed by atoms with Crippen LogP contribution in [-0.2, 0) is 0 Å². The predicted octanol–water partition coefficient (Wildman–Crippen LogP) is 4.90. The lowest BCUT2D eigenvalue weighted by atomic mass is 9.85. The van der Waals surface area contributed by atoms with Crippen molar-refractivity contribution in [1.82, 2.24) is 4.90 Å². The lowest BCUT2D eigenvalue weighted by Gasteiger charge is -2.40. The van der Waals surface area contributed by atoms with Crippen LogP contribution in [0.4, 0.5) is 0 Å². The van der Waals surface area contributed by atoms with Crippen LogP contribution in [0.5, 0.6) is 5.75 Å². The van der Waals surface area contributed by atoms with E-state index in [1.807, 2.05) is 26.0 Å². The number of methoxy groups -OCH3 is 1. The number of hydrogen-bond donors (Lipinski definition) is 0. The molecule has 0 aromatic heterocycles. The number of fused-ring (bicyclic) bond motifs is 2. The molecule has 2 aliphatic carbocycles. The van der Waals surface area contributed by atoms with Crippen LogP contribution < -0.4 is 4.74 Å². The van der Waals surface area contributed by atoms with E-state index in [9.17, 15) is 4.79 Å². The van der Waals surface area contributed by atoms with Gasteiger partial charge in [-0.2, -0.15) is 0 Å². The lowest BCUT2D eigenvalue weighted by Crippen LogP contribution is -2.43. The Balaban J connectivity index is 1.46. The maximum absolute atomic E-state index is 12.4. The summed E-state index contributed by atoms with van der Waals surface area (Å²) >= 11 is 0. The van der Waals surface area contributed by atoms with Crippen LogP contribution in [0.3, 0.4) is 0 Å².